The van der Waals surface area contributed by atoms with Crippen LogP contribution in [0.15, 0.2) is 5.51 Å². The molecule has 5 nitrogen and oxygen atoms in total. The van der Waals surface area contributed by atoms with Crippen LogP contribution in [-0.2, 0) is 4.79 Å². The Bertz CT molecular complexity index is 374. The minimum absolute atomic E-state index is 0.308. The summed E-state index contributed by atoms with van der Waals surface area (Å²) in [6.07, 6.45) is 0. The number of imide groups is 1. The summed E-state index contributed by atoms with van der Waals surface area (Å²) in [6, 6.07) is -0.997. The summed E-state index contributed by atoms with van der Waals surface area (Å²) in [5, 5.41) is 4.69. The lowest BCUT2D eigenvalue weighted by Gasteiger charge is -2.03. The maximum atomic E-state index is 11.2. The molecule has 0 spiro atoms. The van der Waals surface area contributed by atoms with Gasteiger partial charge in [-0.2, -0.15) is 0 Å². The first-order chi connectivity index (χ1) is 6.18. The Morgan fingerprint density at radius 1 is 1.54 bits per heavy atom. The number of hydrogen-bond acceptors (Lipinski definition) is 4. The molecule has 1 aromatic rings. The van der Waals surface area contributed by atoms with Gasteiger partial charge in [0.05, 0.1) is 16.1 Å². The highest BCUT2D eigenvalue weighted by atomic mass is 32.1. The second-order valence-electron chi connectivity index (χ2n) is 2.70. The Hall–Kier alpha value is -1.43. The van der Waals surface area contributed by atoms with Crippen molar-refractivity contribution in [1.82, 2.24) is 15.6 Å². The molecule has 1 aliphatic rings. The van der Waals surface area contributed by atoms with Crippen molar-refractivity contribution in [3.05, 3.63) is 16.1 Å². The number of carbonyl (C=O) groups excluding carboxylic acids is 2. The van der Waals surface area contributed by atoms with E-state index in [1.807, 2.05) is 6.92 Å². The Morgan fingerprint density at radius 2 is 2.31 bits per heavy atom. The standard InChI is InChI=1S/C7H7N3O2S/c1-3-5(13-2-8-3)4-6(11)10-7(12)9-4/h2,4H,1H3,(H2,9,10,11,12)/t4-/m0/s1. The van der Waals surface area contributed by atoms with Crippen LogP contribution in [0, 0.1) is 6.92 Å². The van der Waals surface area contributed by atoms with Gasteiger partial charge in [-0.05, 0) is 6.92 Å². The van der Waals surface area contributed by atoms with E-state index < -0.39 is 12.1 Å². The van der Waals surface area contributed by atoms with Gasteiger partial charge in [0.25, 0.3) is 5.91 Å². The fraction of sp³-hybridized carbons (Fsp3) is 0.286. The SMILES string of the molecule is Cc1ncsc1[C@@H]1NC(=O)NC1=O. The van der Waals surface area contributed by atoms with Crippen LogP contribution in [0.5, 0.6) is 0 Å². The molecular formula is C7H7N3O2S. The average Bonchev–Trinajstić information content (AvgIpc) is 2.58. The summed E-state index contributed by atoms with van der Waals surface area (Å²) in [5.74, 6) is -0.308. The average molecular weight is 197 g/mol. The summed E-state index contributed by atoms with van der Waals surface area (Å²) in [7, 11) is 0. The lowest BCUT2D eigenvalue weighted by molar-refractivity contribution is -0.120. The topological polar surface area (TPSA) is 71.1 Å². The van der Waals surface area contributed by atoms with E-state index in [2.05, 4.69) is 15.6 Å². The van der Waals surface area contributed by atoms with E-state index in [0.29, 0.717) is 0 Å². The molecule has 6 heteroatoms. The van der Waals surface area contributed by atoms with Crippen LogP contribution in [0.2, 0.25) is 0 Å². The third-order valence-electron chi connectivity index (χ3n) is 1.82. The predicted molar refractivity (Wildman–Crippen MR) is 46.3 cm³/mol. The number of thiazole rings is 1. The van der Waals surface area contributed by atoms with Gasteiger partial charge in [-0.1, -0.05) is 0 Å². The Balaban J connectivity index is 2.32. The molecule has 2 heterocycles. The molecule has 2 N–H and O–H groups in total. The number of aromatic nitrogens is 1. The first kappa shape index (κ1) is 8.18. The zero-order valence-electron chi connectivity index (χ0n) is 6.83. The Labute approximate surface area is 78.2 Å². The summed E-state index contributed by atoms with van der Waals surface area (Å²) in [5.41, 5.74) is 2.44. The van der Waals surface area contributed by atoms with E-state index in [1.165, 1.54) is 11.3 Å². The molecule has 0 radical (unpaired) electrons. The van der Waals surface area contributed by atoms with Crippen molar-refractivity contribution in [3.8, 4) is 0 Å². The Morgan fingerprint density at radius 3 is 2.77 bits per heavy atom. The summed E-state index contributed by atoms with van der Waals surface area (Å²) >= 11 is 1.37. The van der Waals surface area contributed by atoms with E-state index in [-0.39, 0.29) is 5.91 Å². The van der Waals surface area contributed by atoms with E-state index in [9.17, 15) is 9.59 Å². The molecule has 3 amide bonds. The molecule has 0 bridgehead atoms. The van der Waals surface area contributed by atoms with Gasteiger partial charge in [-0.15, -0.1) is 11.3 Å². The number of aryl methyl sites for hydroxylation is 1. The van der Waals surface area contributed by atoms with Crippen LogP contribution < -0.4 is 10.6 Å². The van der Waals surface area contributed by atoms with Crippen LogP contribution in [0.1, 0.15) is 16.6 Å². The highest BCUT2D eigenvalue weighted by molar-refractivity contribution is 7.10. The molecule has 0 aliphatic carbocycles. The summed E-state index contributed by atoms with van der Waals surface area (Å²) in [6.45, 7) is 1.81. The zero-order valence-corrected chi connectivity index (χ0v) is 7.64. The second kappa shape index (κ2) is 2.81. The zero-order chi connectivity index (χ0) is 9.42. The van der Waals surface area contributed by atoms with Crippen LogP contribution in [0.25, 0.3) is 0 Å². The van der Waals surface area contributed by atoms with Crippen molar-refractivity contribution in [1.29, 1.82) is 0 Å². The molecular weight excluding hydrogens is 190 g/mol. The van der Waals surface area contributed by atoms with E-state index in [0.717, 1.165) is 10.6 Å². The maximum absolute atomic E-state index is 11.2. The van der Waals surface area contributed by atoms with Crippen LogP contribution in [-0.4, -0.2) is 16.9 Å². The minimum Gasteiger partial charge on any atom is -0.321 e. The highest BCUT2D eigenvalue weighted by Crippen LogP contribution is 2.23. The molecule has 2 rings (SSSR count). The molecule has 1 fully saturated rings. The van der Waals surface area contributed by atoms with E-state index >= 15 is 0 Å². The van der Waals surface area contributed by atoms with Crippen molar-refractivity contribution in [3.63, 3.8) is 0 Å². The third-order valence-corrected chi connectivity index (χ3v) is 2.82. The third kappa shape index (κ3) is 1.29. The number of carbonyl (C=O) groups is 2. The Kier molecular flexibility index (Phi) is 1.77. The molecule has 0 aromatic carbocycles. The number of rotatable bonds is 1. The van der Waals surface area contributed by atoms with Crippen LogP contribution >= 0.6 is 11.3 Å². The predicted octanol–water partition coefficient (Wildman–Crippen LogP) is 0.332. The van der Waals surface area contributed by atoms with Crippen molar-refractivity contribution in [2.24, 2.45) is 0 Å². The van der Waals surface area contributed by atoms with Crippen molar-refractivity contribution >= 4 is 23.3 Å². The van der Waals surface area contributed by atoms with E-state index in [4.69, 9.17) is 0 Å². The smallest absolute Gasteiger partial charge is 0.321 e. The van der Waals surface area contributed by atoms with Gasteiger partial charge in [0.1, 0.15) is 6.04 Å². The summed E-state index contributed by atoms with van der Waals surface area (Å²) < 4.78 is 0. The fourth-order valence-corrected chi connectivity index (χ4v) is 2.04. The molecule has 1 aliphatic heterocycles. The van der Waals surface area contributed by atoms with Crippen LogP contribution in [0.4, 0.5) is 4.79 Å². The van der Waals surface area contributed by atoms with Gasteiger partial charge in [0.2, 0.25) is 0 Å². The number of nitrogens with zero attached hydrogens (tertiary/aromatic N) is 1. The van der Waals surface area contributed by atoms with Crippen molar-refractivity contribution < 1.29 is 9.59 Å². The van der Waals surface area contributed by atoms with Gasteiger partial charge in [0.15, 0.2) is 0 Å². The molecule has 1 atom stereocenters. The van der Waals surface area contributed by atoms with Gasteiger partial charge >= 0.3 is 6.03 Å². The molecule has 0 saturated carbocycles. The first-order valence-corrected chi connectivity index (χ1v) is 4.58. The monoisotopic (exact) mass is 197 g/mol. The second-order valence-corrected chi connectivity index (χ2v) is 3.58. The van der Waals surface area contributed by atoms with Crippen LogP contribution in [0.3, 0.4) is 0 Å². The molecule has 0 unspecified atom stereocenters. The lowest BCUT2D eigenvalue weighted by Crippen LogP contribution is -2.22. The minimum atomic E-state index is -0.556. The molecule has 13 heavy (non-hydrogen) atoms. The molecule has 1 aromatic heterocycles. The first-order valence-electron chi connectivity index (χ1n) is 3.70. The largest absolute Gasteiger partial charge is 0.322 e. The number of hydrogen-bond donors (Lipinski definition) is 2. The highest BCUT2D eigenvalue weighted by Gasteiger charge is 2.32. The maximum Gasteiger partial charge on any atom is 0.322 e. The van der Waals surface area contributed by atoms with Gasteiger partial charge < -0.3 is 5.32 Å². The summed E-state index contributed by atoms with van der Waals surface area (Å²) in [4.78, 5) is 26.8. The fourth-order valence-electron chi connectivity index (χ4n) is 1.19. The number of urea groups is 1. The van der Waals surface area contributed by atoms with E-state index in [1.54, 1.807) is 5.51 Å². The van der Waals surface area contributed by atoms with Gasteiger partial charge in [-0.3, -0.25) is 10.1 Å². The number of amides is 3. The van der Waals surface area contributed by atoms with Crippen molar-refractivity contribution in [2.45, 2.75) is 13.0 Å². The normalized spacial score (nSPS) is 21.5. The van der Waals surface area contributed by atoms with Crippen molar-refractivity contribution in [2.75, 3.05) is 0 Å². The lowest BCUT2D eigenvalue weighted by atomic mass is 10.2. The van der Waals surface area contributed by atoms with Gasteiger partial charge in [0, 0.05) is 0 Å². The molecule has 1 saturated heterocycles. The number of nitrogens with one attached hydrogen (secondary N) is 2. The quantitative estimate of drug-likeness (QED) is 0.637. The van der Waals surface area contributed by atoms with Gasteiger partial charge in [-0.25, -0.2) is 9.78 Å². The molecule has 68 valence electrons.